The number of hydrogen-bond acceptors (Lipinski definition) is 2. The molecule has 3 aliphatic rings. The summed E-state index contributed by atoms with van der Waals surface area (Å²) in [6.07, 6.45) is 7.44. The summed E-state index contributed by atoms with van der Waals surface area (Å²) in [4.78, 5) is 14.4. The summed E-state index contributed by atoms with van der Waals surface area (Å²) in [5.74, 6) is 0.253. The zero-order valence-corrected chi connectivity index (χ0v) is 15.0. The first kappa shape index (κ1) is 16.8. The number of fused-ring (bicyclic) bond motifs is 2. The lowest BCUT2D eigenvalue weighted by molar-refractivity contribution is -0.123. The van der Waals surface area contributed by atoms with Gasteiger partial charge in [-0.2, -0.15) is 0 Å². The Hall–Kier alpha value is -1.69. The molecule has 1 aromatic rings. The summed E-state index contributed by atoms with van der Waals surface area (Å²) in [5, 5.41) is 7.22. The van der Waals surface area contributed by atoms with Crippen LogP contribution in [-0.2, 0) is 4.79 Å². The van der Waals surface area contributed by atoms with E-state index in [0.29, 0.717) is 17.2 Å². The number of thiocarbonyl (C=S) groups is 1. The van der Waals surface area contributed by atoms with E-state index in [2.05, 4.69) is 15.5 Å². The second-order valence-electron chi connectivity index (χ2n) is 7.53. The van der Waals surface area contributed by atoms with Crippen LogP contribution in [0.5, 0.6) is 0 Å². The molecule has 1 aromatic carbocycles. The van der Waals surface area contributed by atoms with Crippen LogP contribution in [0, 0.1) is 11.7 Å². The highest BCUT2D eigenvalue weighted by Crippen LogP contribution is 2.36. The zero-order valence-electron chi connectivity index (χ0n) is 14.2. The monoisotopic (exact) mass is 361 g/mol. The molecule has 1 amide bonds. The standard InChI is InChI=1S/C19H24FN3OS/c20-13-6-8-14(9-7-13)22-19(25)23-16-2-1-3-17(23)11-15(10-16)21-18(24)12-4-5-12/h6-9,12,15-17H,1-5,10-11H2,(H,21,24)(H,22,25)/t16-,17-/m0/s1. The van der Waals surface area contributed by atoms with E-state index in [-0.39, 0.29) is 23.7 Å². The number of nitrogens with zero attached hydrogens (tertiary/aromatic N) is 1. The van der Waals surface area contributed by atoms with Gasteiger partial charge in [-0.1, -0.05) is 0 Å². The zero-order chi connectivity index (χ0) is 17.4. The van der Waals surface area contributed by atoms with E-state index in [9.17, 15) is 9.18 Å². The van der Waals surface area contributed by atoms with Gasteiger partial charge in [-0.05, 0) is 81.4 Å². The fourth-order valence-corrected chi connectivity index (χ4v) is 4.63. The Kier molecular flexibility index (Phi) is 4.63. The minimum atomic E-state index is -0.249. The van der Waals surface area contributed by atoms with Gasteiger partial charge >= 0.3 is 0 Å². The number of amides is 1. The van der Waals surface area contributed by atoms with Crippen molar-refractivity contribution in [1.29, 1.82) is 0 Å². The summed E-state index contributed by atoms with van der Waals surface area (Å²) in [7, 11) is 0. The third-order valence-corrected chi connectivity index (χ3v) is 5.91. The molecular formula is C19H24FN3OS. The molecule has 2 atom stereocenters. The largest absolute Gasteiger partial charge is 0.353 e. The summed E-state index contributed by atoms with van der Waals surface area (Å²) in [5.41, 5.74) is 0.814. The van der Waals surface area contributed by atoms with Crippen molar-refractivity contribution in [2.24, 2.45) is 5.92 Å². The average Bonchev–Trinajstić information content (AvgIpc) is 3.41. The molecule has 1 aliphatic carbocycles. The predicted molar refractivity (Wildman–Crippen MR) is 99.8 cm³/mol. The molecule has 2 N–H and O–H groups in total. The Morgan fingerprint density at radius 2 is 1.72 bits per heavy atom. The number of rotatable bonds is 3. The minimum Gasteiger partial charge on any atom is -0.353 e. The highest BCUT2D eigenvalue weighted by molar-refractivity contribution is 7.80. The molecule has 2 saturated heterocycles. The lowest BCUT2D eigenvalue weighted by Crippen LogP contribution is -2.59. The van der Waals surface area contributed by atoms with Crippen LogP contribution >= 0.6 is 12.2 Å². The van der Waals surface area contributed by atoms with Gasteiger partial charge in [0.1, 0.15) is 5.82 Å². The Morgan fingerprint density at radius 1 is 1.08 bits per heavy atom. The molecule has 2 aliphatic heterocycles. The molecule has 0 spiro atoms. The van der Waals surface area contributed by atoms with Crippen LogP contribution in [0.3, 0.4) is 0 Å². The molecule has 0 unspecified atom stereocenters. The van der Waals surface area contributed by atoms with Gasteiger partial charge in [-0.15, -0.1) is 0 Å². The van der Waals surface area contributed by atoms with Crippen LogP contribution < -0.4 is 10.6 Å². The smallest absolute Gasteiger partial charge is 0.223 e. The van der Waals surface area contributed by atoms with Crippen LogP contribution in [0.15, 0.2) is 24.3 Å². The van der Waals surface area contributed by atoms with Gasteiger partial charge < -0.3 is 15.5 Å². The van der Waals surface area contributed by atoms with Crippen molar-refractivity contribution in [2.75, 3.05) is 5.32 Å². The van der Waals surface area contributed by atoms with E-state index in [1.807, 2.05) is 0 Å². The lowest BCUT2D eigenvalue weighted by Gasteiger charge is -2.50. The number of piperidine rings is 2. The SMILES string of the molecule is O=C(NC1C[C@@H]2CCC[C@@H](C1)N2C(=S)Nc1ccc(F)cc1)C1CC1. The number of carbonyl (C=O) groups is 1. The molecule has 25 heavy (non-hydrogen) atoms. The maximum absolute atomic E-state index is 13.1. The van der Waals surface area contributed by atoms with Gasteiger partial charge in [0.2, 0.25) is 5.91 Å². The molecule has 0 radical (unpaired) electrons. The molecule has 2 bridgehead atoms. The molecule has 4 rings (SSSR count). The van der Waals surface area contributed by atoms with E-state index in [4.69, 9.17) is 12.2 Å². The number of hydrogen-bond donors (Lipinski definition) is 2. The third-order valence-electron chi connectivity index (χ3n) is 5.60. The molecule has 0 aromatic heterocycles. The number of nitrogens with one attached hydrogen (secondary N) is 2. The first-order valence-corrected chi connectivity index (χ1v) is 9.66. The van der Waals surface area contributed by atoms with Crippen LogP contribution in [0.4, 0.5) is 10.1 Å². The fourth-order valence-electron chi connectivity index (χ4n) is 4.22. The normalized spacial score (nSPS) is 28.4. The second kappa shape index (κ2) is 6.90. The van der Waals surface area contributed by atoms with Gasteiger partial charge in [0.15, 0.2) is 5.11 Å². The molecule has 6 heteroatoms. The average molecular weight is 361 g/mol. The maximum atomic E-state index is 13.1. The quantitative estimate of drug-likeness (QED) is 0.810. The highest BCUT2D eigenvalue weighted by atomic mass is 32.1. The molecular weight excluding hydrogens is 337 g/mol. The van der Waals surface area contributed by atoms with E-state index >= 15 is 0 Å². The first-order chi connectivity index (χ1) is 12.1. The van der Waals surface area contributed by atoms with E-state index in [1.165, 1.54) is 18.6 Å². The van der Waals surface area contributed by atoms with Crippen molar-refractivity contribution in [2.45, 2.75) is 63.1 Å². The number of carbonyl (C=O) groups excluding carboxylic acids is 1. The van der Waals surface area contributed by atoms with Gasteiger partial charge in [0.05, 0.1) is 0 Å². The molecule has 1 saturated carbocycles. The number of benzene rings is 1. The summed E-state index contributed by atoms with van der Waals surface area (Å²) < 4.78 is 13.1. The van der Waals surface area contributed by atoms with Crippen LogP contribution in [0.1, 0.15) is 44.9 Å². The number of halogens is 1. The first-order valence-electron chi connectivity index (χ1n) is 9.25. The van der Waals surface area contributed by atoms with Crippen molar-refractivity contribution in [3.8, 4) is 0 Å². The van der Waals surface area contributed by atoms with Crippen LogP contribution in [0.2, 0.25) is 0 Å². The van der Waals surface area contributed by atoms with Crippen molar-refractivity contribution in [3.05, 3.63) is 30.1 Å². The van der Waals surface area contributed by atoms with E-state index < -0.39 is 0 Å². The molecule has 2 heterocycles. The predicted octanol–water partition coefficient (Wildman–Crippen LogP) is 3.43. The third kappa shape index (κ3) is 3.78. The number of anilines is 1. The fraction of sp³-hybridized carbons (Fsp3) is 0.579. The summed E-state index contributed by atoms with van der Waals surface area (Å²) in [6.45, 7) is 0. The van der Waals surface area contributed by atoms with Crippen molar-refractivity contribution in [3.63, 3.8) is 0 Å². The Morgan fingerprint density at radius 3 is 2.32 bits per heavy atom. The maximum Gasteiger partial charge on any atom is 0.223 e. The van der Waals surface area contributed by atoms with E-state index in [1.54, 1.807) is 12.1 Å². The Balaban J connectivity index is 1.40. The van der Waals surface area contributed by atoms with Crippen LogP contribution in [-0.4, -0.2) is 34.0 Å². The highest BCUT2D eigenvalue weighted by Gasteiger charge is 2.41. The topological polar surface area (TPSA) is 44.4 Å². The Labute approximate surface area is 153 Å². The van der Waals surface area contributed by atoms with Gasteiger partial charge in [0.25, 0.3) is 0 Å². The van der Waals surface area contributed by atoms with Crippen molar-refractivity contribution < 1.29 is 9.18 Å². The Bertz CT molecular complexity index is 647. The van der Waals surface area contributed by atoms with Crippen molar-refractivity contribution in [1.82, 2.24) is 10.2 Å². The van der Waals surface area contributed by atoms with Gasteiger partial charge in [-0.25, -0.2) is 4.39 Å². The minimum absolute atomic E-state index is 0.239. The molecule has 3 fully saturated rings. The lowest BCUT2D eigenvalue weighted by atomic mass is 9.82. The van der Waals surface area contributed by atoms with Crippen LogP contribution in [0.25, 0.3) is 0 Å². The molecule has 134 valence electrons. The summed E-state index contributed by atoms with van der Waals surface area (Å²) in [6, 6.07) is 7.31. The van der Waals surface area contributed by atoms with E-state index in [0.717, 1.165) is 44.2 Å². The van der Waals surface area contributed by atoms with Gasteiger partial charge in [0, 0.05) is 29.7 Å². The van der Waals surface area contributed by atoms with Gasteiger partial charge in [-0.3, -0.25) is 4.79 Å². The summed E-state index contributed by atoms with van der Waals surface area (Å²) >= 11 is 5.65. The van der Waals surface area contributed by atoms with Crippen molar-refractivity contribution >= 4 is 28.9 Å². The molecule has 4 nitrogen and oxygen atoms in total. The second-order valence-corrected chi connectivity index (χ2v) is 7.92.